The van der Waals surface area contributed by atoms with Crippen LogP contribution in [0.2, 0.25) is 0 Å². The number of hydrogen-bond donors (Lipinski definition) is 0. The van der Waals surface area contributed by atoms with Crippen molar-refractivity contribution in [1.29, 1.82) is 0 Å². The lowest BCUT2D eigenvalue weighted by Gasteiger charge is -1.98. The van der Waals surface area contributed by atoms with Crippen molar-refractivity contribution in [2.24, 2.45) is 0 Å². The molecular formula is C10H9NO5. The van der Waals surface area contributed by atoms with Gasteiger partial charge in [-0.2, -0.15) is 0 Å². The van der Waals surface area contributed by atoms with Gasteiger partial charge in [0.15, 0.2) is 6.10 Å². The number of benzene rings is 1. The van der Waals surface area contributed by atoms with E-state index in [1.54, 1.807) is 18.2 Å². The number of carbonyl (C=O) groups excluding carboxylic acids is 1. The number of esters is 1. The molecule has 1 aromatic carbocycles. The molecule has 2 unspecified atom stereocenters. The second kappa shape index (κ2) is 3.90. The van der Waals surface area contributed by atoms with Gasteiger partial charge >= 0.3 is 5.97 Å². The molecule has 6 heteroatoms. The second-order valence-corrected chi connectivity index (χ2v) is 3.32. The van der Waals surface area contributed by atoms with Crippen molar-refractivity contribution < 1.29 is 19.2 Å². The van der Waals surface area contributed by atoms with Gasteiger partial charge in [-0.1, -0.05) is 12.1 Å². The van der Waals surface area contributed by atoms with Gasteiger partial charge in [0.05, 0.1) is 17.6 Å². The molecule has 2 atom stereocenters. The Labute approximate surface area is 90.9 Å². The maximum atomic E-state index is 11.1. The minimum absolute atomic E-state index is 0.0427. The van der Waals surface area contributed by atoms with Crippen molar-refractivity contribution in [3.8, 4) is 0 Å². The monoisotopic (exact) mass is 223 g/mol. The highest BCUT2D eigenvalue weighted by molar-refractivity contribution is 5.78. The summed E-state index contributed by atoms with van der Waals surface area (Å²) in [5, 5.41) is 10.7. The van der Waals surface area contributed by atoms with Crippen LogP contribution in [0, 0.1) is 10.1 Å². The van der Waals surface area contributed by atoms with Crippen LogP contribution in [0.1, 0.15) is 11.7 Å². The highest BCUT2D eigenvalue weighted by atomic mass is 16.6. The molecule has 1 fully saturated rings. The van der Waals surface area contributed by atoms with Crippen LogP contribution < -0.4 is 0 Å². The molecular weight excluding hydrogens is 214 g/mol. The maximum absolute atomic E-state index is 11.1. The van der Waals surface area contributed by atoms with E-state index in [2.05, 4.69) is 4.74 Å². The standard InChI is InChI=1S/C10H9NO5/c1-15-10(12)9-8(16-9)6-4-2-3-5-7(6)11(13)14/h2-5,8-9H,1H3. The summed E-state index contributed by atoms with van der Waals surface area (Å²) >= 11 is 0. The molecule has 0 aliphatic carbocycles. The van der Waals surface area contributed by atoms with Crippen LogP contribution in [0.3, 0.4) is 0 Å². The zero-order chi connectivity index (χ0) is 11.7. The minimum Gasteiger partial charge on any atom is -0.467 e. The topological polar surface area (TPSA) is 82.0 Å². The van der Waals surface area contributed by atoms with Crippen molar-refractivity contribution in [1.82, 2.24) is 0 Å². The Kier molecular flexibility index (Phi) is 2.57. The van der Waals surface area contributed by atoms with Crippen LogP contribution in [0.25, 0.3) is 0 Å². The Morgan fingerprint density at radius 3 is 2.81 bits per heavy atom. The van der Waals surface area contributed by atoms with Gasteiger partial charge < -0.3 is 9.47 Å². The van der Waals surface area contributed by atoms with E-state index in [0.717, 1.165) is 0 Å². The van der Waals surface area contributed by atoms with Gasteiger partial charge in [0, 0.05) is 6.07 Å². The number of nitro groups is 1. The summed E-state index contributed by atoms with van der Waals surface area (Å²) in [7, 11) is 1.25. The van der Waals surface area contributed by atoms with Gasteiger partial charge in [-0.25, -0.2) is 4.79 Å². The van der Waals surface area contributed by atoms with E-state index >= 15 is 0 Å². The van der Waals surface area contributed by atoms with Crippen LogP contribution >= 0.6 is 0 Å². The molecule has 0 spiro atoms. The molecule has 6 nitrogen and oxygen atoms in total. The Morgan fingerprint density at radius 1 is 1.50 bits per heavy atom. The number of hydrogen-bond acceptors (Lipinski definition) is 5. The summed E-state index contributed by atoms with van der Waals surface area (Å²) in [6.07, 6.45) is -1.28. The third-order valence-electron chi connectivity index (χ3n) is 2.37. The molecule has 0 N–H and O–H groups in total. The molecule has 1 aliphatic rings. The zero-order valence-electron chi connectivity index (χ0n) is 8.45. The van der Waals surface area contributed by atoms with E-state index in [0.29, 0.717) is 5.56 Å². The van der Waals surface area contributed by atoms with Gasteiger partial charge in [0.1, 0.15) is 6.10 Å². The largest absolute Gasteiger partial charge is 0.467 e. The molecule has 2 rings (SSSR count). The number of nitro benzene ring substituents is 1. The van der Waals surface area contributed by atoms with Crippen LogP contribution in [0.5, 0.6) is 0 Å². The average molecular weight is 223 g/mol. The first-order valence-electron chi connectivity index (χ1n) is 4.61. The van der Waals surface area contributed by atoms with Crippen LogP contribution in [-0.4, -0.2) is 24.1 Å². The van der Waals surface area contributed by atoms with E-state index < -0.39 is 23.1 Å². The third kappa shape index (κ3) is 1.74. The van der Waals surface area contributed by atoms with E-state index in [-0.39, 0.29) is 5.69 Å². The first-order valence-corrected chi connectivity index (χ1v) is 4.61. The lowest BCUT2D eigenvalue weighted by Crippen LogP contribution is -2.09. The fourth-order valence-electron chi connectivity index (χ4n) is 1.54. The summed E-state index contributed by atoms with van der Waals surface area (Å²) in [5.41, 5.74) is 0.363. The summed E-state index contributed by atoms with van der Waals surface area (Å²) < 4.78 is 9.56. The molecule has 1 aromatic rings. The third-order valence-corrected chi connectivity index (χ3v) is 2.37. The van der Waals surface area contributed by atoms with E-state index in [1.807, 2.05) is 0 Å². The summed E-state index contributed by atoms with van der Waals surface area (Å²) in [6, 6.07) is 6.19. The van der Waals surface area contributed by atoms with E-state index in [9.17, 15) is 14.9 Å². The highest BCUT2D eigenvalue weighted by Crippen LogP contribution is 2.43. The van der Waals surface area contributed by atoms with Crippen LogP contribution in [0.15, 0.2) is 24.3 Å². The molecule has 0 amide bonds. The molecule has 1 heterocycles. The van der Waals surface area contributed by atoms with Gasteiger partial charge in [0.2, 0.25) is 0 Å². The van der Waals surface area contributed by atoms with Crippen molar-refractivity contribution in [3.63, 3.8) is 0 Å². The molecule has 84 valence electrons. The number of ether oxygens (including phenoxy) is 2. The molecule has 0 saturated carbocycles. The second-order valence-electron chi connectivity index (χ2n) is 3.32. The summed E-state index contributed by atoms with van der Waals surface area (Å²) in [4.78, 5) is 21.4. The Balaban J connectivity index is 2.24. The lowest BCUT2D eigenvalue weighted by molar-refractivity contribution is -0.385. The number of epoxide rings is 1. The Bertz CT molecular complexity index is 445. The zero-order valence-corrected chi connectivity index (χ0v) is 8.45. The van der Waals surface area contributed by atoms with Crippen molar-refractivity contribution >= 4 is 11.7 Å². The highest BCUT2D eigenvalue weighted by Gasteiger charge is 2.49. The van der Waals surface area contributed by atoms with Gasteiger partial charge in [-0.05, 0) is 6.07 Å². The molecule has 0 radical (unpaired) electrons. The molecule has 16 heavy (non-hydrogen) atoms. The van der Waals surface area contributed by atoms with Gasteiger partial charge in [-0.3, -0.25) is 10.1 Å². The number of methoxy groups -OCH3 is 1. The quantitative estimate of drug-likeness (QED) is 0.333. The maximum Gasteiger partial charge on any atom is 0.338 e. The molecule has 1 aliphatic heterocycles. The normalized spacial score (nSPS) is 22.6. The predicted octanol–water partition coefficient (Wildman–Crippen LogP) is 1.21. The van der Waals surface area contributed by atoms with Crippen molar-refractivity contribution in [2.45, 2.75) is 12.2 Å². The number of nitrogens with zero attached hydrogens (tertiary/aromatic N) is 1. The molecule has 1 saturated heterocycles. The Morgan fingerprint density at radius 2 is 2.19 bits per heavy atom. The smallest absolute Gasteiger partial charge is 0.338 e. The van der Waals surface area contributed by atoms with Crippen molar-refractivity contribution in [3.05, 3.63) is 39.9 Å². The van der Waals surface area contributed by atoms with Gasteiger partial charge in [-0.15, -0.1) is 0 Å². The summed E-state index contributed by atoms with van der Waals surface area (Å²) in [6.45, 7) is 0. The first kappa shape index (κ1) is 10.6. The number of rotatable bonds is 3. The fraction of sp³-hybridized carbons (Fsp3) is 0.300. The Hall–Kier alpha value is -1.95. The first-order chi connectivity index (χ1) is 7.65. The minimum atomic E-state index is -0.717. The van der Waals surface area contributed by atoms with Crippen molar-refractivity contribution in [2.75, 3.05) is 7.11 Å². The summed E-state index contributed by atoms with van der Waals surface area (Å²) in [5.74, 6) is -0.511. The van der Waals surface area contributed by atoms with E-state index in [1.165, 1.54) is 13.2 Å². The number of para-hydroxylation sites is 1. The van der Waals surface area contributed by atoms with Gasteiger partial charge in [0.25, 0.3) is 5.69 Å². The number of carbonyl (C=O) groups is 1. The SMILES string of the molecule is COC(=O)C1OC1c1ccccc1[N+](=O)[O-]. The lowest BCUT2D eigenvalue weighted by atomic mass is 10.1. The fourth-order valence-corrected chi connectivity index (χ4v) is 1.54. The van der Waals surface area contributed by atoms with Crippen LogP contribution in [0.4, 0.5) is 5.69 Å². The average Bonchev–Trinajstić information content (AvgIpc) is 3.08. The predicted molar refractivity (Wildman–Crippen MR) is 52.7 cm³/mol. The molecule has 0 aromatic heterocycles. The van der Waals surface area contributed by atoms with E-state index in [4.69, 9.17) is 4.74 Å². The van der Waals surface area contributed by atoms with Crippen LogP contribution in [-0.2, 0) is 14.3 Å². The molecule has 0 bridgehead atoms.